The summed E-state index contributed by atoms with van der Waals surface area (Å²) in [7, 11) is 0. The van der Waals surface area contributed by atoms with Crippen molar-refractivity contribution in [3.8, 4) is 0 Å². The Hall–Kier alpha value is -1.17. The first-order valence-corrected chi connectivity index (χ1v) is 2.94. The van der Waals surface area contributed by atoms with Crippen molar-refractivity contribution in [1.29, 1.82) is 0 Å². The maximum absolute atomic E-state index is 3.60. The molecule has 0 heteroatoms. The molecule has 0 aliphatic carbocycles. The summed E-state index contributed by atoms with van der Waals surface area (Å²) >= 11 is 0. The van der Waals surface area contributed by atoms with Crippen molar-refractivity contribution in [3.05, 3.63) is 55.0 Å². The molecule has 9 heavy (non-hydrogen) atoms. The molecule has 0 aromatic heterocycles. The Labute approximate surface area is 55.8 Å². The van der Waals surface area contributed by atoms with Crippen LogP contribution in [0.5, 0.6) is 0 Å². The molecule has 0 saturated carbocycles. The smallest absolute Gasteiger partial charge is 0.0807 e. The van der Waals surface area contributed by atoms with Crippen molar-refractivity contribution >= 4 is 0 Å². The van der Waals surface area contributed by atoms with E-state index in [2.05, 4.69) is 6.58 Å². The van der Waals surface area contributed by atoms with Gasteiger partial charge in [-0.25, -0.2) is 0 Å². The van der Waals surface area contributed by atoms with Crippen LogP contribution in [0.3, 0.4) is 0 Å². The minimum atomic E-state index is 1.20. The molecule has 0 heterocycles. The Kier molecular flexibility index (Phi) is 1.97. The predicted molar refractivity (Wildman–Crippen MR) is 40.0 cm³/mol. The number of allylic oxidation sites excluding steroid dienone is 1. The standard InChI is InChI=1S/C9H9/c1-2-6-9-7-4-3-5-8-9/h2-8H,1H2/q-1. The molecule has 1 rings (SSSR count). The van der Waals surface area contributed by atoms with Gasteiger partial charge in [0.1, 0.15) is 0 Å². The van der Waals surface area contributed by atoms with Gasteiger partial charge in [0.15, 0.2) is 0 Å². The maximum atomic E-state index is 3.60. The number of hydrogen-bond donors (Lipinski definition) is 0. The summed E-state index contributed by atoms with van der Waals surface area (Å²) in [5.74, 6) is 0. The van der Waals surface area contributed by atoms with Gasteiger partial charge in [-0.05, 0) is 0 Å². The van der Waals surface area contributed by atoms with Gasteiger partial charge in [-0.1, -0.05) is 6.07 Å². The summed E-state index contributed by atoms with van der Waals surface area (Å²) in [4.78, 5) is 0. The molecule has 0 radical (unpaired) electrons. The fraction of sp³-hybridized carbons (Fsp3) is 0. The summed E-state index contributed by atoms with van der Waals surface area (Å²) < 4.78 is 0. The van der Waals surface area contributed by atoms with E-state index in [0.717, 1.165) is 0 Å². The van der Waals surface area contributed by atoms with Crippen molar-refractivity contribution in [3.63, 3.8) is 0 Å². The Balaban J connectivity index is 2.72. The van der Waals surface area contributed by atoms with Gasteiger partial charge in [0.25, 0.3) is 0 Å². The SMILES string of the molecule is C=C[CH-]c1ccccc1. The molecule has 1 aromatic rings. The van der Waals surface area contributed by atoms with Crippen LogP contribution in [-0.4, -0.2) is 0 Å². The predicted octanol–water partition coefficient (Wildman–Crippen LogP) is 2.42. The van der Waals surface area contributed by atoms with E-state index in [1.165, 1.54) is 5.56 Å². The van der Waals surface area contributed by atoms with E-state index in [1.807, 2.05) is 36.8 Å². The van der Waals surface area contributed by atoms with Crippen LogP contribution in [-0.2, 0) is 0 Å². The van der Waals surface area contributed by atoms with Crippen LogP contribution in [0.2, 0.25) is 0 Å². The van der Waals surface area contributed by atoms with Crippen molar-refractivity contribution in [1.82, 2.24) is 0 Å². The largest absolute Gasteiger partial charge is 0.169 e. The van der Waals surface area contributed by atoms with Crippen molar-refractivity contribution in [2.45, 2.75) is 0 Å². The van der Waals surface area contributed by atoms with E-state index in [0.29, 0.717) is 0 Å². The lowest BCUT2D eigenvalue weighted by molar-refractivity contribution is 1.53. The molecular formula is C9H9-. The quantitative estimate of drug-likeness (QED) is 0.522. The topological polar surface area (TPSA) is 0 Å². The second-order valence-electron chi connectivity index (χ2n) is 1.81. The number of benzene rings is 1. The molecule has 0 aliphatic heterocycles. The van der Waals surface area contributed by atoms with Crippen LogP contribution in [0.4, 0.5) is 0 Å². The molecule has 0 saturated heterocycles. The van der Waals surface area contributed by atoms with Gasteiger partial charge in [-0.2, -0.15) is 12.7 Å². The second-order valence-corrected chi connectivity index (χ2v) is 1.81. The van der Waals surface area contributed by atoms with E-state index in [1.54, 1.807) is 6.08 Å². The van der Waals surface area contributed by atoms with Crippen LogP contribution < -0.4 is 0 Å². The maximum Gasteiger partial charge on any atom is -0.0807 e. The third kappa shape index (κ3) is 1.65. The van der Waals surface area contributed by atoms with Crippen LogP contribution in [0, 0.1) is 6.42 Å². The minimum Gasteiger partial charge on any atom is -0.169 e. The highest BCUT2D eigenvalue weighted by molar-refractivity contribution is 5.26. The van der Waals surface area contributed by atoms with Crippen molar-refractivity contribution < 1.29 is 0 Å². The zero-order chi connectivity index (χ0) is 6.53. The molecule has 46 valence electrons. The Bertz CT molecular complexity index is 174. The summed E-state index contributed by atoms with van der Waals surface area (Å²) in [6, 6.07) is 10.1. The van der Waals surface area contributed by atoms with Crippen LogP contribution >= 0.6 is 0 Å². The zero-order valence-electron chi connectivity index (χ0n) is 5.25. The van der Waals surface area contributed by atoms with Gasteiger partial charge in [-0.3, -0.25) is 0 Å². The molecule has 0 amide bonds. The monoisotopic (exact) mass is 117 g/mol. The van der Waals surface area contributed by atoms with Crippen molar-refractivity contribution in [2.75, 3.05) is 0 Å². The first-order valence-electron chi connectivity index (χ1n) is 2.94. The first kappa shape index (κ1) is 5.96. The van der Waals surface area contributed by atoms with E-state index in [-0.39, 0.29) is 0 Å². The highest BCUT2D eigenvalue weighted by Gasteiger charge is 1.73. The Morgan fingerprint density at radius 2 is 1.89 bits per heavy atom. The van der Waals surface area contributed by atoms with Crippen LogP contribution in [0.15, 0.2) is 43.0 Å². The van der Waals surface area contributed by atoms with E-state index >= 15 is 0 Å². The van der Waals surface area contributed by atoms with E-state index in [4.69, 9.17) is 0 Å². The van der Waals surface area contributed by atoms with Gasteiger partial charge in [-0.15, -0.1) is 36.2 Å². The van der Waals surface area contributed by atoms with Gasteiger partial charge < -0.3 is 0 Å². The molecule has 0 N–H and O–H groups in total. The highest BCUT2D eigenvalue weighted by atomic mass is 13.9. The average molecular weight is 117 g/mol. The number of hydrogen-bond acceptors (Lipinski definition) is 0. The molecule has 1 aromatic carbocycles. The summed E-state index contributed by atoms with van der Waals surface area (Å²) in [6.07, 6.45) is 3.76. The summed E-state index contributed by atoms with van der Waals surface area (Å²) in [6.45, 7) is 3.60. The van der Waals surface area contributed by atoms with Gasteiger partial charge in [0.05, 0.1) is 0 Å². The molecule has 0 fully saturated rings. The van der Waals surface area contributed by atoms with Gasteiger partial charge in [0.2, 0.25) is 0 Å². The third-order valence-electron chi connectivity index (χ3n) is 1.11. The normalized spacial score (nSPS) is 8.44. The fourth-order valence-corrected chi connectivity index (χ4v) is 0.700. The van der Waals surface area contributed by atoms with E-state index in [9.17, 15) is 0 Å². The zero-order valence-corrected chi connectivity index (χ0v) is 5.25. The van der Waals surface area contributed by atoms with Gasteiger partial charge >= 0.3 is 0 Å². The molecule has 0 aliphatic rings. The lowest BCUT2D eigenvalue weighted by atomic mass is 10.2. The summed E-state index contributed by atoms with van der Waals surface area (Å²) in [5.41, 5.74) is 1.20. The van der Waals surface area contributed by atoms with E-state index < -0.39 is 0 Å². The average Bonchev–Trinajstić information content (AvgIpc) is 1.91. The second kappa shape index (κ2) is 2.98. The molecule has 0 bridgehead atoms. The lowest BCUT2D eigenvalue weighted by Gasteiger charge is -1.99. The van der Waals surface area contributed by atoms with Crippen molar-refractivity contribution in [2.24, 2.45) is 0 Å². The minimum absolute atomic E-state index is 1.20. The first-order chi connectivity index (χ1) is 4.43. The molecule has 0 atom stereocenters. The third-order valence-corrected chi connectivity index (χ3v) is 1.11. The van der Waals surface area contributed by atoms with Crippen LogP contribution in [0.1, 0.15) is 5.56 Å². The van der Waals surface area contributed by atoms with Crippen LogP contribution in [0.25, 0.3) is 0 Å². The Morgan fingerprint density at radius 3 is 2.44 bits per heavy atom. The molecular weight excluding hydrogens is 108 g/mol. The molecule has 0 spiro atoms. The Morgan fingerprint density at radius 1 is 1.22 bits per heavy atom. The molecule has 0 nitrogen and oxygen atoms in total. The fourth-order valence-electron chi connectivity index (χ4n) is 0.700. The highest BCUT2D eigenvalue weighted by Crippen LogP contribution is 2.00. The summed E-state index contributed by atoms with van der Waals surface area (Å²) in [5, 5.41) is 0. The number of rotatable bonds is 2. The molecule has 0 unspecified atom stereocenters. The lowest BCUT2D eigenvalue weighted by Crippen LogP contribution is -1.72. The van der Waals surface area contributed by atoms with Gasteiger partial charge in [0, 0.05) is 0 Å².